The van der Waals surface area contributed by atoms with Crippen molar-refractivity contribution in [1.82, 2.24) is 4.31 Å². The van der Waals surface area contributed by atoms with Gasteiger partial charge < -0.3 is 10.1 Å². The molecule has 0 aromatic heterocycles. The molecule has 1 aliphatic rings. The zero-order chi connectivity index (χ0) is 19.4. The van der Waals surface area contributed by atoms with Crippen LogP contribution in [0.1, 0.15) is 15.9 Å². The number of carbonyl (C=O) groups excluding carboxylic acids is 1. The molecular weight excluding hydrogens is 371 g/mol. The van der Waals surface area contributed by atoms with Gasteiger partial charge in [-0.1, -0.05) is 12.1 Å². The summed E-state index contributed by atoms with van der Waals surface area (Å²) in [6.07, 6.45) is 0. The van der Waals surface area contributed by atoms with Crippen molar-refractivity contribution in [2.75, 3.05) is 38.2 Å². The molecule has 0 atom stereocenters. The number of carbonyl (C=O) groups is 1. The molecule has 0 unspecified atom stereocenters. The number of benzene rings is 2. The lowest BCUT2D eigenvalue weighted by atomic mass is 10.1. The predicted octanol–water partition coefficient (Wildman–Crippen LogP) is 2.45. The largest absolute Gasteiger partial charge is 0.379 e. The Labute approximate surface area is 158 Å². The molecule has 0 radical (unpaired) electrons. The van der Waals surface area contributed by atoms with Crippen molar-refractivity contribution >= 4 is 21.5 Å². The fourth-order valence-corrected chi connectivity index (χ4v) is 4.14. The van der Waals surface area contributed by atoms with Gasteiger partial charge in [0, 0.05) is 24.3 Å². The van der Waals surface area contributed by atoms with Gasteiger partial charge in [-0.25, -0.2) is 12.8 Å². The van der Waals surface area contributed by atoms with Gasteiger partial charge in [-0.2, -0.15) is 4.31 Å². The zero-order valence-corrected chi connectivity index (χ0v) is 15.8. The van der Waals surface area contributed by atoms with Crippen LogP contribution in [0.25, 0.3) is 0 Å². The molecule has 1 aliphatic heterocycles. The van der Waals surface area contributed by atoms with Crippen LogP contribution in [0.3, 0.4) is 0 Å². The molecule has 1 saturated heterocycles. The Morgan fingerprint density at radius 3 is 2.44 bits per heavy atom. The second-order valence-corrected chi connectivity index (χ2v) is 8.22. The van der Waals surface area contributed by atoms with E-state index in [4.69, 9.17) is 4.74 Å². The van der Waals surface area contributed by atoms with Crippen LogP contribution in [0.2, 0.25) is 0 Å². The highest BCUT2D eigenvalue weighted by atomic mass is 32.2. The molecule has 0 saturated carbocycles. The van der Waals surface area contributed by atoms with Crippen LogP contribution >= 0.6 is 0 Å². The van der Waals surface area contributed by atoms with Crippen LogP contribution in [-0.4, -0.2) is 51.4 Å². The number of hydrogen-bond donors (Lipinski definition) is 1. The summed E-state index contributed by atoms with van der Waals surface area (Å²) < 4.78 is 45.3. The number of Topliss-reactive ketones (excluding diaryl/α,β-unsaturated/α-hetero) is 1. The van der Waals surface area contributed by atoms with E-state index in [2.05, 4.69) is 5.32 Å². The first-order valence-electron chi connectivity index (χ1n) is 8.59. The Kier molecular flexibility index (Phi) is 5.88. The summed E-state index contributed by atoms with van der Waals surface area (Å²) in [5.41, 5.74) is 1.38. The van der Waals surface area contributed by atoms with E-state index in [-0.39, 0.29) is 22.8 Å². The normalized spacial score (nSPS) is 15.5. The third-order valence-electron chi connectivity index (χ3n) is 4.41. The van der Waals surface area contributed by atoms with E-state index in [1.165, 1.54) is 22.5 Å². The molecule has 1 N–H and O–H groups in total. The summed E-state index contributed by atoms with van der Waals surface area (Å²) in [6, 6.07) is 10.6. The van der Waals surface area contributed by atoms with E-state index in [9.17, 15) is 17.6 Å². The molecule has 6 nitrogen and oxygen atoms in total. The van der Waals surface area contributed by atoms with Crippen molar-refractivity contribution in [3.05, 3.63) is 59.4 Å². The molecule has 1 heterocycles. The number of ketones is 1. The van der Waals surface area contributed by atoms with Crippen LogP contribution in [0.15, 0.2) is 47.4 Å². The van der Waals surface area contributed by atoms with Crippen molar-refractivity contribution in [3.63, 3.8) is 0 Å². The standard InChI is InChI=1S/C19H21FN2O4S/c1-14-2-3-15(12-18(14)20)19(23)13-21-16-4-6-17(7-5-16)27(24,25)22-8-10-26-11-9-22/h2-7,12,21H,8-11,13H2,1H3. The van der Waals surface area contributed by atoms with E-state index in [1.54, 1.807) is 31.2 Å². The SMILES string of the molecule is Cc1ccc(C(=O)CNc2ccc(S(=O)(=O)N3CCOCC3)cc2)cc1F. The van der Waals surface area contributed by atoms with E-state index >= 15 is 0 Å². The predicted molar refractivity (Wildman–Crippen MR) is 100.0 cm³/mol. The molecule has 2 aromatic rings. The first-order valence-corrected chi connectivity index (χ1v) is 10.0. The van der Waals surface area contributed by atoms with E-state index in [0.29, 0.717) is 37.6 Å². The highest BCUT2D eigenvalue weighted by molar-refractivity contribution is 7.89. The molecule has 2 aromatic carbocycles. The van der Waals surface area contributed by atoms with Crippen LogP contribution < -0.4 is 5.32 Å². The Hall–Kier alpha value is -2.29. The first kappa shape index (κ1) is 19.5. The summed E-state index contributed by atoms with van der Waals surface area (Å²) in [4.78, 5) is 12.4. The van der Waals surface area contributed by atoms with Crippen molar-refractivity contribution in [1.29, 1.82) is 0 Å². The molecule has 3 rings (SSSR count). The summed E-state index contributed by atoms with van der Waals surface area (Å²) in [5, 5.41) is 2.93. The van der Waals surface area contributed by atoms with Crippen molar-refractivity contribution in [2.24, 2.45) is 0 Å². The van der Waals surface area contributed by atoms with Gasteiger partial charge in [0.25, 0.3) is 0 Å². The fourth-order valence-electron chi connectivity index (χ4n) is 2.73. The van der Waals surface area contributed by atoms with Gasteiger partial charge in [-0.3, -0.25) is 4.79 Å². The summed E-state index contributed by atoms with van der Waals surface area (Å²) in [5.74, 6) is -0.669. The lowest BCUT2D eigenvalue weighted by molar-refractivity contribution is 0.0730. The van der Waals surface area contributed by atoms with E-state index in [0.717, 1.165) is 0 Å². The van der Waals surface area contributed by atoms with Crippen LogP contribution in [0, 0.1) is 12.7 Å². The number of aryl methyl sites for hydroxylation is 1. The zero-order valence-electron chi connectivity index (χ0n) is 14.9. The Morgan fingerprint density at radius 1 is 1.15 bits per heavy atom. The molecule has 8 heteroatoms. The number of ether oxygens (including phenoxy) is 1. The highest BCUT2D eigenvalue weighted by Crippen LogP contribution is 2.19. The number of anilines is 1. The van der Waals surface area contributed by atoms with Crippen molar-refractivity contribution in [3.8, 4) is 0 Å². The molecule has 0 spiro atoms. The Bertz CT molecular complexity index is 923. The van der Waals surface area contributed by atoms with Crippen molar-refractivity contribution < 1.29 is 22.3 Å². The third-order valence-corrected chi connectivity index (χ3v) is 6.32. The lowest BCUT2D eigenvalue weighted by Crippen LogP contribution is -2.40. The lowest BCUT2D eigenvalue weighted by Gasteiger charge is -2.26. The van der Waals surface area contributed by atoms with E-state index in [1.807, 2.05) is 0 Å². The van der Waals surface area contributed by atoms with Gasteiger partial charge in [-0.15, -0.1) is 0 Å². The number of hydrogen-bond acceptors (Lipinski definition) is 5. The summed E-state index contributed by atoms with van der Waals surface area (Å²) >= 11 is 0. The number of sulfonamides is 1. The van der Waals surface area contributed by atoms with Gasteiger partial charge in [-0.05, 0) is 42.8 Å². The number of morpholine rings is 1. The van der Waals surface area contributed by atoms with Crippen LogP contribution in [0.4, 0.5) is 10.1 Å². The quantitative estimate of drug-likeness (QED) is 0.765. The minimum Gasteiger partial charge on any atom is -0.379 e. The number of rotatable bonds is 6. The van der Waals surface area contributed by atoms with Crippen LogP contribution in [-0.2, 0) is 14.8 Å². The number of halogens is 1. The molecule has 0 aliphatic carbocycles. The van der Waals surface area contributed by atoms with E-state index < -0.39 is 15.8 Å². The fraction of sp³-hybridized carbons (Fsp3) is 0.316. The Balaban J connectivity index is 1.63. The van der Waals surface area contributed by atoms with Crippen LogP contribution in [0.5, 0.6) is 0 Å². The molecule has 0 amide bonds. The van der Waals surface area contributed by atoms with Crippen molar-refractivity contribution in [2.45, 2.75) is 11.8 Å². The first-order chi connectivity index (χ1) is 12.9. The highest BCUT2D eigenvalue weighted by Gasteiger charge is 2.26. The summed E-state index contributed by atoms with van der Waals surface area (Å²) in [6.45, 7) is 3.07. The molecular formula is C19H21FN2O4S. The maximum Gasteiger partial charge on any atom is 0.243 e. The van der Waals surface area contributed by atoms with Gasteiger partial charge in [0.05, 0.1) is 24.7 Å². The molecule has 27 heavy (non-hydrogen) atoms. The average molecular weight is 392 g/mol. The number of nitrogens with zero attached hydrogens (tertiary/aromatic N) is 1. The minimum absolute atomic E-state index is 0.0158. The Morgan fingerprint density at radius 2 is 1.81 bits per heavy atom. The second kappa shape index (κ2) is 8.16. The minimum atomic E-state index is -3.54. The van der Waals surface area contributed by atoms with Gasteiger partial charge in [0.15, 0.2) is 5.78 Å². The molecule has 1 fully saturated rings. The number of nitrogens with one attached hydrogen (secondary N) is 1. The summed E-state index contributed by atoms with van der Waals surface area (Å²) in [7, 11) is -3.54. The average Bonchev–Trinajstić information content (AvgIpc) is 2.69. The molecule has 0 bridgehead atoms. The van der Waals surface area contributed by atoms with Gasteiger partial charge in [0.2, 0.25) is 10.0 Å². The molecule has 144 valence electrons. The van der Waals surface area contributed by atoms with Gasteiger partial charge in [0.1, 0.15) is 5.82 Å². The smallest absolute Gasteiger partial charge is 0.243 e. The third kappa shape index (κ3) is 4.52. The second-order valence-electron chi connectivity index (χ2n) is 6.28. The topological polar surface area (TPSA) is 75.7 Å². The monoisotopic (exact) mass is 392 g/mol. The maximum absolute atomic E-state index is 13.6. The maximum atomic E-state index is 13.6. The van der Waals surface area contributed by atoms with Gasteiger partial charge >= 0.3 is 0 Å².